The van der Waals surface area contributed by atoms with E-state index in [4.69, 9.17) is 9.31 Å². The third-order valence-corrected chi connectivity index (χ3v) is 5.30. The van der Waals surface area contributed by atoms with Crippen LogP contribution < -0.4 is 5.46 Å². The molecule has 130 valence electrons. The second-order valence-electron chi connectivity index (χ2n) is 8.65. The topological polar surface area (TPSA) is 59.0 Å². The zero-order valence-corrected chi connectivity index (χ0v) is 15.5. The Morgan fingerprint density at radius 3 is 2.17 bits per heavy atom. The van der Waals surface area contributed by atoms with Crippen molar-refractivity contribution in [2.24, 2.45) is 0 Å². The number of aliphatic hydroxyl groups excluding tert-OH is 1. The maximum atomic E-state index is 12.6. The lowest BCUT2D eigenvalue weighted by Crippen LogP contribution is -2.43. The SMILES string of the molecule is CC(C)(C)N1C(=O)c2ccc(B3OC(C)(C)C(C)(C)O3)cc2[C@@H]1O. The minimum absolute atomic E-state index is 0.148. The maximum Gasteiger partial charge on any atom is 0.494 e. The molecular formula is C18H26BNO4. The molecule has 0 unspecified atom stereocenters. The van der Waals surface area contributed by atoms with Gasteiger partial charge in [-0.2, -0.15) is 0 Å². The number of fused-ring (bicyclic) bond motifs is 1. The Bertz CT molecular complexity index is 677. The lowest BCUT2D eigenvalue weighted by atomic mass is 9.78. The Morgan fingerprint density at radius 2 is 1.67 bits per heavy atom. The van der Waals surface area contributed by atoms with Crippen molar-refractivity contribution in [3.63, 3.8) is 0 Å². The predicted molar refractivity (Wildman–Crippen MR) is 93.0 cm³/mol. The summed E-state index contributed by atoms with van der Waals surface area (Å²) in [6.07, 6.45) is -0.949. The zero-order chi connectivity index (χ0) is 18.1. The Hall–Kier alpha value is -1.37. The van der Waals surface area contributed by atoms with Crippen LogP contribution in [-0.2, 0) is 9.31 Å². The van der Waals surface area contributed by atoms with Crippen LogP contribution in [0.4, 0.5) is 0 Å². The van der Waals surface area contributed by atoms with Crippen LogP contribution in [0.25, 0.3) is 0 Å². The van der Waals surface area contributed by atoms with Gasteiger partial charge in [0.15, 0.2) is 6.23 Å². The smallest absolute Gasteiger partial charge is 0.399 e. The first-order chi connectivity index (χ1) is 10.8. The summed E-state index contributed by atoms with van der Waals surface area (Å²) in [6, 6.07) is 5.43. The Labute approximate surface area is 144 Å². The molecule has 1 saturated heterocycles. The molecule has 6 heteroatoms. The number of carbonyl (C=O) groups is 1. The first kappa shape index (κ1) is 17.5. The van der Waals surface area contributed by atoms with E-state index < -0.39 is 30.1 Å². The standard InChI is InChI=1S/C18H26BNO4/c1-16(2,3)20-14(21)12-9-8-11(10-13(12)15(20)22)19-23-17(4,5)18(6,7)24-19/h8-10,15,22H,1-7H3/t15-/m0/s1. The molecule has 1 atom stereocenters. The number of nitrogens with zero attached hydrogens (tertiary/aromatic N) is 1. The Kier molecular flexibility index (Phi) is 3.69. The van der Waals surface area contributed by atoms with Crippen molar-refractivity contribution < 1.29 is 19.2 Å². The second kappa shape index (κ2) is 5.07. The summed E-state index contributed by atoms with van der Waals surface area (Å²) in [6.45, 7) is 13.7. The van der Waals surface area contributed by atoms with Crippen LogP contribution in [0.1, 0.15) is 70.6 Å². The molecule has 0 radical (unpaired) electrons. The van der Waals surface area contributed by atoms with Crippen LogP contribution in [0.15, 0.2) is 18.2 Å². The van der Waals surface area contributed by atoms with E-state index in [1.165, 1.54) is 4.90 Å². The number of amides is 1. The number of hydrogen-bond donors (Lipinski definition) is 1. The minimum atomic E-state index is -0.949. The number of aliphatic hydroxyl groups is 1. The molecular weight excluding hydrogens is 305 g/mol. The largest absolute Gasteiger partial charge is 0.494 e. The quantitative estimate of drug-likeness (QED) is 0.802. The van der Waals surface area contributed by atoms with Crippen LogP contribution in [-0.4, -0.2) is 39.8 Å². The summed E-state index contributed by atoms with van der Waals surface area (Å²) in [4.78, 5) is 14.1. The van der Waals surface area contributed by atoms with Crippen LogP contribution in [0, 0.1) is 0 Å². The third-order valence-electron chi connectivity index (χ3n) is 5.30. The van der Waals surface area contributed by atoms with E-state index in [2.05, 4.69) is 0 Å². The van der Waals surface area contributed by atoms with Crippen molar-refractivity contribution in [2.45, 2.75) is 71.4 Å². The summed E-state index contributed by atoms with van der Waals surface area (Å²) in [7, 11) is -0.508. The van der Waals surface area contributed by atoms with Crippen LogP contribution in [0.3, 0.4) is 0 Å². The van der Waals surface area contributed by atoms with E-state index in [0.29, 0.717) is 11.1 Å². The summed E-state index contributed by atoms with van der Waals surface area (Å²) >= 11 is 0. The highest BCUT2D eigenvalue weighted by Gasteiger charge is 2.52. The summed E-state index contributed by atoms with van der Waals surface area (Å²) in [5, 5.41) is 10.6. The van der Waals surface area contributed by atoms with Gasteiger partial charge < -0.3 is 19.3 Å². The van der Waals surface area contributed by atoms with E-state index in [1.807, 2.05) is 60.6 Å². The van der Waals surface area contributed by atoms with Crippen LogP contribution in [0.5, 0.6) is 0 Å². The van der Waals surface area contributed by atoms with E-state index in [0.717, 1.165) is 5.46 Å². The molecule has 1 N–H and O–H groups in total. The number of benzene rings is 1. The van der Waals surface area contributed by atoms with Crippen molar-refractivity contribution >= 4 is 18.5 Å². The number of carbonyl (C=O) groups excluding carboxylic acids is 1. The molecule has 0 spiro atoms. The van der Waals surface area contributed by atoms with Gasteiger partial charge in [-0.1, -0.05) is 12.1 Å². The molecule has 3 rings (SSSR count). The molecule has 2 heterocycles. The van der Waals surface area contributed by atoms with Gasteiger partial charge >= 0.3 is 7.12 Å². The van der Waals surface area contributed by atoms with Crippen molar-refractivity contribution in [3.05, 3.63) is 29.3 Å². The number of hydrogen-bond acceptors (Lipinski definition) is 4. The molecule has 0 aliphatic carbocycles. The van der Waals surface area contributed by atoms with Crippen molar-refractivity contribution in [1.29, 1.82) is 0 Å². The van der Waals surface area contributed by atoms with Gasteiger partial charge in [-0.25, -0.2) is 0 Å². The van der Waals surface area contributed by atoms with Crippen molar-refractivity contribution in [2.75, 3.05) is 0 Å². The monoisotopic (exact) mass is 331 g/mol. The molecule has 0 bridgehead atoms. The molecule has 0 saturated carbocycles. The molecule has 1 aromatic rings. The normalized spacial score (nSPS) is 25.3. The summed E-state index contributed by atoms with van der Waals surface area (Å²) in [5.41, 5.74) is 0.653. The van der Waals surface area contributed by atoms with Gasteiger partial charge in [-0.15, -0.1) is 0 Å². The average molecular weight is 331 g/mol. The molecule has 1 aromatic carbocycles. The molecule has 24 heavy (non-hydrogen) atoms. The molecule has 2 aliphatic heterocycles. The second-order valence-corrected chi connectivity index (χ2v) is 8.65. The van der Waals surface area contributed by atoms with Crippen LogP contribution in [0.2, 0.25) is 0 Å². The third kappa shape index (κ3) is 2.48. The highest BCUT2D eigenvalue weighted by molar-refractivity contribution is 6.62. The van der Waals surface area contributed by atoms with Crippen molar-refractivity contribution in [1.82, 2.24) is 4.90 Å². The van der Waals surface area contributed by atoms with Gasteiger partial charge in [-0.05, 0) is 60.0 Å². The fourth-order valence-electron chi connectivity index (χ4n) is 3.17. The molecule has 0 aromatic heterocycles. The summed E-state index contributed by atoms with van der Waals surface area (Å²) in [5.74, 6) is -0.148. The van der Waals surface area contributed by atoms with Crippen LogP contribution >= 0.6 is 0 Å². The van der Waals surface area contributed by atoms with E-state index in [-0.39, 0.29) is 5.91 Å². The first-order valence-electron chi connectivity index (χ1n) is 8.36. The molecule has 2 aliphatic rings. The highest BCUT2D eigenvalue weighted by atomic mass is 16.7. The summed E-state index contributed by atoms with van der Waals surface area (Å²) < 4.78 is 12.1. The fourth-order valence-corrected chi connectivity index (χ4v) is 3.17. The fraction of sp³-hybridized carbons (Fsp3) is 0.611. The lowest BCUT2D eigenvalue weighted by Gasteiger charge is -2.34. The van der Waals surface area contributed by atoms with Gasteiger partial charge in [-0.3, -0.25) is 4.79 Å². The average Bonchev–Trinajstić information content (AvgIpc) is 2.80. The molecule has 1 amide bonds. The zero-order valence-electron chi connectivity index (χ0n) is 15.5. The van der Waals surface area contributed by atoms with Gasteiger partial charge in [0.25, 0.3) is 5.91 Å². The first-order valence-corrected chi connectivity index (χ1v) is 8.36. The molecule has 1 fully saturated rings. The minimum Gasteiger partial charge on any atom is -0.399 e. The number of rotatable bonds is 1. The predicted octanol–water partition coefficient (Wildman–Crippen LogP) is 2.23. The van der Waals surface area contributed by atoms with Gasteiger partial charge in [0.05, 0.1) is 11.2 Å². The van der Waals surface area contributed by atoms with E-state index in [9.17, 15) is 9.90 Å². The Balaban J connectivity index is 1.96. The van der Waals surface area contributed by atoms with E-state index in [1.54, 1.807) is 6.07 Å². The Morgan fingerprint density at radius 1 is 1.12 bits per heavy atom. The van der Waals surface area contributed by atoms with Crippen molar-refractivity contribution in [3.8, 4) is 0 Å². The lowest BCUT2D eigenvalue weighted by molar-refractivity contribution is -0.0228. The van der Waals surface area contributed by atoms with E-state index >= 15 is 0 Å². The van der Waals surface area contributed by atoms with Gasteiger partial charge in [0, 0.05) is 16.7 Å². The van der Waals surface area contributed by atoms with Gasteiger partial charge in [0.2, 0.25) is 0 Å². The molecule has 5 nitrogen and oxygen atoms in total. The maximum absolute atomic E-state index is 12.6. The highest BCUT2D eigenvalue weighted by Crippen LogP contribution is 2.39. The van der Waals surface area contributed by atoms with Gasteiger partial charge in [0.1, 0.15) is 0 Å².